The molecule has 4 rings (SSSR count). The summed E-state index contributed by atoms with van der Waals surface area (Å²) in [6.07, 6.45) is 0.932. The topological polar surface area (TPSA) is 93.1 Å². The van der Waals surface area contributed by atoms with Crippen LogP contribution in [-0.2, 0) is 9.53 Å². The van der Waals surface area contributed by atoms with Gasteiger partial charge in [0.05, 0.1) is 13.7 Å². The van der Waals surface area contributed by atoms with E-state index >= 15 is 0 Å². The van der Waals surface area contributed by atoms with Gasteiger partial charge in [-0.1, -0.05) is 62.3 Å². The van der Waals surface area contributed by atoms with E-state index in [-0.39, 0.29) is 11.9 Å². The van der Waals surface area contributed by atoms with Gasteiger partial charge in [-0.05, 0) is 41.8 Å². The van der Waals surface area contributed by atoms with Crippen molar-refractivity contribution in [3.8, 4) is 22.5 Å². The number of rotatable bonds is 8. The number of tetrazole rings is 1. The van der Waals surface area contributed by atoms with Crippen LogP contribution in [0.5, 0.6) is 0 Å². The number of carbonyl (C=O) groups is 1. The zero-order valence-corrected chi connectivity index (χ0v) is 20.4. The third-order valence-corrected chi connectivity index (χ3v) is 5.97. The molecule has 8 nitrogen and oxygen atoms in total. The van der Waals surface area contributed by atoms with E-state index in [0.717, 1.165) is 46.6 Å². The van der Waals surface area contributed by atoms with Crippen LogP contribution in [-0.4, -0.2) is 57.1 Å². The Bertz CT molecular complexity index is 1230. The van der Waals surface area contributed by atoms with Crippen molar-refractivity contribution < 1.29 is 14.1 Å². The van der Waals surface area contributed by atoms with Crippen molar-refractivity contribution in [2.45, 2.75) is 34.1 Å². The Morgan fingerprint density at radius 3 is 2.29 bits per heavy atom. The summed E-state index contributed by atoms with van der Waals surface area (Å²) < 4.78 is 5.80. The second-order valence-electron chi connectivity index (χ2n) is 8.81. The minimum Gasteiger partial charge on any atom is -0.462 e. The van der Waals surface area contributed by atoms with Crippen LogP contribution in [0.15, 0.2) is 59.2 Å². The maximum Gasteiger partial charge on any atom is 0.346 e. The molecule has 3 aromatic rings. The maximum absolute atomic E-state index is 13.1. The Labute approximate surface area is 199 Å². The molecule has 0 bridgehead atoms. The molecule has 0 spiro atoms. The average molecular weight is 460 g/mol. The standard InChI is InChI=1S/C26H30N6O2/c1-6-16-32(5)24(22(26(33)34-7-2)23(29-32)17(3)4)19-14-12-18(13-15-19)20-10-8-9-11-21(20)25-27-30-31-28-25/h8-15,17H,6-7,16H2,1-5H3/p+1. The molecule has 1 aliphatic heterocycles. The fraction of sp³-hybridized carbons (Fsp3) is 0.346. The number of nitrogens with one attached hydrogen (secondary N) is 1. The summed E-state index contributed by atoms with van der Waals surface area (Å²) in [6.45, 7) is 9.20. The zero-order chi connectivity index (χ0) is 24.3. The van der Waals surface area contributed by atoms with Gasteiger partial charge in [-0.3, -0.25) is 0 Å². The molecule has 0 aliphatic carbocycles. The van der Waals surface area contributed by atoms with Crippen molar-refractivity contribution in [3.63, 3.8) is 0 Å². The molecule has 0 saturated heterocycles. The first-order valence-corrected chi connectivity index (χ1v) is 11.7. The second-order valence-corrected chi connectivity index (χ2v) is 8.81. The summed E-state index contributed by atoms with van der Waals surface area (Å²) in [5, 5.41) is 19.5. The molecule has 0 radical (unpaired) electrons. The molecule has 1 unspecified atom stereocenters. The molecule has 176 valence electrons. The summed E-state index contributed by atoms with van der Waals surface area (Å²) in [5.74, 6) is 0.340. The van der Waals surface area contributed by atoms with Crippen molar-refractivity contribution >= 4 is 17.4 Å². The first-order chi connectivity index (χ1) is 16.4. The quantitative estimate of drug-likeness (QED) is 0.390. The van der Waals surface area contributed by atoms with E-state index in [2.05, 4.69) is 72.7 Å². The molecular formula is C26H31N6O2+. The number of esters is 1. The largest absolute Gasteiger partial charge is 0.462 e. The van der Waals surface area contributed by atoms with Crippen LogP contribution in [0.4, 0.5) is 0 Å². The monoisotopic (exact) mass is 459 g/mol. The minimum absolute atomic E-state index is 0.104. The lowest BCUT2D eigenvalue weighted by molar-refractivity contribution is -0.844. The van der Waals surface area contributed by atoms with E-state index in [0.29, 0.717) is 22.6 Å². The van der Waals surface area contributed by atoms with Crippen LogP contribution >= 0.6 is 0 Å². The van der Waals surface area contributed by atoms with Gasteiger partial charge < -0.3 is 4.74 Å². The lowest BCUT2D eigenvalue weighted by Gasteiger charge is -2.26. The number of aromatic nitrogens is 4. The number of aromatic amines is 1. The van der Waals surface area contributed by atoms with Crippen LogP contribution in [0.2, 0.25) is 0 Å². The van der Waals surface area contributed by atoms with Crippen molar-refractivity contribution in [1.29, 1.82) is 0 Å². The van der Waals surface area contributed by atoms with E-state index in [9.17, 15) is 4.79 Å². The zero-order valence-electron chi connectivity index (χ0n) is 20.4. The molecule has 1 aliphatic rings. The Balaban J connectivity index is 1.82. The third kappa shape index (κ3) is 4.28. The summed E-state index contributed by atoms with van der Waals surface area (Å²) in [5.41, 5.74) is 6.17. The Kier molecular flexibility index (Phi) is 6.70. The number of H-pyrrole nitrogens is 1. The highest BCUT2D eigenvalue weighted by Gasteiger charge is 2.44. The predicted molar refractivity (Wildman–Crippen MR) is 132 cm³/mol. The van der Waals surface area contributed by atoms with E-state index in [1.807, 2.05) is 31.2 Å². The maximum atomic E-state index is 13.1. The van der Waals surface area contributed by atoms with Gasteiger partial charge in [0, 0.05) is 17.0 Å². The SMILES string of the molecule is CCC[N+]1(C)N=C(C(C)C)C(C(=O)OCC)=C1c1ccc(-c2ccccc2-c2nn[nH]n2)cc1. The number of hydrogen-bond donors (Lipinski definition) is 1. The van der Waals surface area contributed by atoms with Crippen LogP contribution in [0, 0.1) is 5.92 Å². The second kappa shape index (κ2) is 9.69. The lowest BCUT2D eigenvalue weighted by Crippen LogP contribution is -2.35. The van der Waals surface area contributed by atoms with Crippen molar-refractivity contribution in [3.05, 3.63) is 59.7 Å². The summed E-state index contributed by atoms with van der Waals surface area (Å²) in [6, 6.07) is 16.2. The Morgan fingerprint density at radius 1 is 1.03 bits per heavy atom. The van der Waals surface area contributed by atoms with Gasteiger partial charge in [-0.25, -0.2) is 4.79 Å². The molecule has 0 fully saturated rings. The molecular weight excluding hydrogens is 428 g/mol. The van der Waals surface area contributed by atoms with Crippen LogP contribution < -0.4 is 0 Å². The molecule has 2 aromatic carbocycles. The van der Waals surface area contributed by atoms with Gasteiger partial charge in [0.25, 0.3) is 0 Å². The first kappa shape index (κ1) is 23.5. The van der Waals surface area contributed by atoms with Gasteiger partial charge in [-0.15, -0.1) is 10.2 Å². The normalized spacial score (nSPS) is 17.9. The van der Waals surface area contributed by atoms with Gasteiger partial charge >= 0.3 is 5.97 Å². The molecule has 34 heavy (non-hydrogen) atoms. The predicted octanol–water partition coefficient (Wildman–Crippen LogP) is 4.69. The molecule has 0 saturated carbocycles. The van der Waals surface area contributed by atoms with E-state index in [1.54, 1.807) is 0 Å². The number of benzene rings is 2. The van der Waals surface area contributed by atoms with E-state index in [4.69, 9.17) is 9.84 Å². The molecule has 0 amide bonds. The van der Waals surface area contributed by atoms with Crippen molar-refractivity contribution in [1.82, 2.24) is 20.6 Å². The Morgan fingerprint density at radius 2 is 1.71 bits per heavy atom. The fourth-order valence-corrected chi connectivity index (χ4v) is 4.54. The summed E-state index contributed by atoms with van der Waals surface area (Å²) >= 11 is 0. The number of carbonyl (C=O) groups excluding carboxylic acids is 1. The van der Waals surface area contributed by atoms with Gasteiger partial charge in [0.1, 0.15) is 12.3 Å². The van der Waals surface area contributed by atoms with Gasteiger partial charge in [0.2, 0.25) is 5.82 Å². The highest BCUT2D eigenvalue weighted by Crippen LogP contribution is 2.39. The van der Waals surface area contributed by atoms with Gasteiger partial charge in [0.15, 0.2) is 11.3 Å². The first-order valence-electron chi connectivity index (χ1n) is 11.7. The molecule has 2 heterocycles. The molecule has 1 aromatic heterocycles. The molecule has 1 N–H and O–H groups in total. The van der Waals surface area contributed by atoms with Gasteiger partial charge in [-0.2, -0.15) is 9.81 Å². The smallest absolute Gasteiger partial charge is 0.346 e. The van der Waals surface area contributed by atoms with Crippen molar-refractivity contribution in [2.24, 2.45) is 11.0 Å². The summed E-state index contributed by atoms with van der Waals surface area (Å²) in [7, 11) is 2.06. The fourth-order valence-electron chi connectivity index (χ4n) is 4.54. The van der Waals surface area contributed by atoms with Crippen LogP contribution in [0.25, 0.3) is 28.2 Å². The van der Waals surface area contributed by atoms with Crippen LogP contribution in [0.3, 0.4) is 0 Å². The molecule has 1 atom stereocenters. The number of hydrogen-bond acceptors (Lipinski definition) is 6. The number of quaternary nitrogens is 1. The lowest BCUT2D eigenvalue weighted by atomic mass is 9.94. The highest BCUT2D eigenvalue weighted by molar-refractivity contribution is 6.25. The third-order valence-electron chi connectivity index (χ3n) is 5.97. The number of nitrogens with zero attached hydrogens (tertiary/aromatic N) is 5. The van der Waals surface area contributed by atoms with Crippen molar-refractivity contribution in [2.75, 3.05) is 20.2 Å². The van der Waals surface area contributed by atoms with Crippen LogP contribution in [0.1, 0.15) is 39.7 Å². The average Bonchev–Trinajstić information content (AvgIpc) is 3.46. The van der Waals surface area contributed by atoms with E-state index in [1.165, 1.54) is 0 Å². The summed E-state index contributed by atoms with van der Waals surface area (Å²) in [4.78, 5) is 13.1. The molecule has 8 heteroatoms. The Hall–Kier alpha value is -3.65. The number of ether oxygens (including phenoxy) is 1. The minimum atomic E-state index is -0.311. The highest BCUT2D eigenvalue weighted by atomic mass is 16.5. The van der Waals surface area contributed by atoms with E-state index < -0.39 is 0 Å².